The summed E-state index contributed by atoms with van der Waals surface area (Å²) in [5, 5.41) is 6.06. The molecule has 4 nitrogen and oxygen atoms in total. The molecule has 20 heavy (non-hydrogen) atoms. The van der Waals surface area contributed by atoms with Crippen LogP contribution in [-0.4, -0.2) is 32.7 Å². The van der Waals surface area contributed by atoms with Gasteiger partial charge in [0, 0.05) is 18.2 Å². The van der Waals surface area contributed by atoms with Crippen LogP contribution in [0.4, 0.5) is 0 Å². The highest BCUT2D eigenvalue weighted by atomic mass is 35.5. The molecule has 1 aromatic carbocycles. The summed E-state index contributed by atoms with van der Waals surface area (Å²) in [6.45, 7) is 6.44. The lowest BCUT2D eigenvalue weighted by molar-refractivity contribution is -0.125. The molecule has 1 amide bonds. The van der Waals surface area contributed by atoms with Crippen LogP contribution in [0.25, 0.3) is 0 Å². The first kappa shape index (κ1) is 18.7. The van der Waals surface area contributed by atoms with E-state index < -0.39 is 5.41 Å². The average molecular weight is 301 g/mol. The van der Waals surface area contributed by atoms with Gasteiger partial charge < -0.3 is 15.4 Å². The molecule has 1 rings (SSSR count). The molecule has 0 spiro atoms. The van der Waals surface area contributed by atoms with E-state index in [9.17, 15) is 4.79 Å². The SMILES string of the molecule is CNC(C)CNC(=O)C(C)(C)c1ccccc1OC.Cl. The molecular formula is C15H25ClN2O2. The summed E-state index contributed by atoms with van der Waals surface area (Å²) >= 11 is 0. The highest BCUT2D eigenvalue weighted by Gasteiger charge is 2.32. The predicted molar refractivity (Wildman–Crippen MR) is 84.8 cm³/mol. The topological polar surface area (TPSA) is 50.4 Å². The highest BCUT2D eigenvalue weighted by Crippen LogP contribution is 2.31. The maximum Gasteiger partial charge on any atom is 0.230 e. The van der Waals surface area contributed by atoms with E-state index in [1.807, 2.05) is 52.1 Å². The quantitative estimate of drug-likeness (QED) is 0.846. The maximum atomic E-state index is 12.4. The lowest BCUT2D eigenvalue weighted by Crippen LogP contribution is -2.45. The van der Waals surface area contributed by atoms with Crippen LogP contribution < -0.4 is 15.4 Å². The van der Waals surface area contributed by atoms with E-state index in [1.54, 1.807) is 7.11 Å². The molecule has 5 heteroatoms. The standard InChI is InChI=1S/C15H24N2O2.ClH/c1-11(16-4)10-17-14(18)15(2,3)12-8-6-7-9-13(12)19-5;/h6-9,11,16H,10H2,1-5H3,(H,17,18);1H. The Hall–Kier alpha value is -1.26. The van der Waals surface area contributed by atoms with Gasteiger partial charge in [-0.2, -0.15) is 0 Å². The van der Waals surface area contributed by atoms with E-state index in [0.29, 0.717) is 6.54 Å². The molecular weight excluding hydrogens is 276 g/mol. The van der Waals surface area contributed by atoms with Crippen LogP contribution in [0, 0.1) is 0 Å². The number of methoxy groups -OCH3 is 1. The summed E-state index contributed by atoms with van der Waals surface area (Å²) in [7, 11) is 3.50. The number of ether oxygens (including phenoxy) is 1. The van der Waals surface area contributed by atoms with Crippen LogP contribution in [0.15, 0.2) is 24.3 Å². The van der Waals surface area contributed by atoms with Gasteiger partial charge in [0.1, 0.15) is 5.75 Å². The van der Waals surface area contributed by atoms with Gasteiger partial charge >= 0.3 is 0 Å². The molecule has 0 saturated carbocycles. The minimum absolute atomic E-state index is 0. The Morgan fingerprint density at radius 2 is 1.95 bits per heavy atom. The number of halogens is 1. The Labute approximate surface area is 127 Å². The predicted octanol–water partition coefficient (Wildman–Crippen LogP) is 2.12. The van der Waals surface area contributed by atoms with Crippen LogP contribution in [0.5, 0.6) is 5.75 Å². The fourth-order valence-electron chi connectivity index (χ4n) is 1.85. The van der Waals surface area contributed by atoms with Gasteiger partial charge in [-0.05, 0) is 33.9 Å². The fourth-order valence-corrected chi connectivity index (χ4v) is 1.85. The molecule has 0 aliphatic heterocycles. The summed E-state index contributed by atoms with van der Waals surface area (Å²) in [6, 6.07) is 7.88. The van der Waals surface area contributed by atoms with Crippen molar-refractivity contribution in [2.24, 2.45) is 0 Å². The number of hydrogen-bond acceptors (Lipinski definition) is 3. The largest absolute Gasteiger partial charge is 0.496 e. The van der Waals surface area contributed by atoms with E-state index in [2.05, 4.69) is 10.6 Å². The minimum atomic E-state index is -0.625. The molecule has 2 N–H and O–H groups in total. The number of nitrogens with one attached hydrogen (secondary N) is 2. The van der Waals surface area contributed by atoms with Crippen molar-refractivity contribution < 1.29 is 9.53 Å². The molecule has 0 fully saturated rings. The first-order valence-electron chi connectivity index (χ1n) is 6.52. The summed E-state index contributed by atoms with van der Waals surface area (Å²) in [6.07, 6.45) is 0. The summed E-state index contributed by atoms with van der Waals surface area (Å²) in [4.78, 5) is 12.4. The number of likely N-dealkylation sites (N-methyl/N-ethyl adjacent to an activating group) is 1. The van der Waals surface area contributed by atoms with Gasteiger partial charge in [0.25, 0.3) is 0 Å². The molecule has 114 valence electrons. The van der Waals surface area contributed by atoms with Crippen molar-refractivity contribution in [3.8, 4) is 5.75 Å². The number of rotatable bonds is 6. The first-order valence-corrected chi connectivity index (χ1v) is 6.52. The normalized spacial score (nSPS) is 12.2. The first-order chi connectivity index (χ1) is 8.93. The Kier molecular flexibility index (Phi) is 7.61. The molecule has 1 atom stereocenters. The third-order valence-corrected chi connectivity index (χ3v) is 3.41. The second kappa shape index (κ2) is 8.12. The molecule has 0 radical (unpaired) electrons. The zero-order valence-electron chi connectivity index (χ0n) is 12.8. The zero-order valence-corrected chi connectivity index (χ0v) is 13.6. The van der Waals surface area contributed by atoms with Crippen molar-refractivity contribution in [3.05, 3.63) is 29.8 Å². The van der Waals surface area contributed by atoms with Crippen LogP contribution in [0.3, 0.4) is 0 Å². The number of carbonyl (C=O) groups excluding carboxylic acids is 1. The van der Waals surface area contributed by atoms with Crippen LogP contribution in [0.1, 0.15) is 26.3 Å². The second-order valence-electron chi connectivity index (χ2n) is 5.23. The van der Waals surface area contributed by atoms with Crippen molar-refractivity contribution in [2.45, 2.75) is 32.2 Å². The van der Waals surface area contributed by atoms with Crippen LogP contribution in [-0.2, 0) is 10.2 Å². The van der Waals surface area contributed by atoms with Gasteiger partial charge in [0.05, 0.1) is 12.5 Å². The monoisotopic (exact) mass is 300 g/mol. The number of hydrogen-bond donors (Lipinski definition) is 2. The fraction of sp³-hybridized carbons (Fsp3) is 0.533. The Morgan fingerprint density at radius 1 is 1.35 bits per heavy atom. The van der Waals surface area contributed by atoms with Gasteiger partial charge in [0.15, 0.2) is 0 Å². The number of carbonyl (C=O) groups is 1. The van der Waals surface area contributed by atoms with E-state index in [0.717, 1.165) is 11.3 Å². The van der Waals surface area contributed by atoms with E-state index in [1.165, 1.54) is 0 Å². The van der Waals surface area contributed by atoms with E-state index in [-0.39, 0.29) is 24.4 Å². The molecule has 0 aliphatic carbocycles. The smallest absolute Gasteiger partial charge is 0.230 e. The molecule has 0 saturated heterocycles. The van der Waals surface area contributed by atoms with Gasteiger partial charge in [-0.15, -0.1) is 12.4 Å². The van der Waals surface area contributed by atoms with Crippen molar-refractivity contribution in [1.29, 1.82) is 0 Å². The molecule has 1 aromatic rings. The summed E-state index contributed by atoms with van der Waals surface area (Å²) in [5.74, 6) is 0.739. The Balaban J connectivity index is 0.00000361. The Morgan fingerprint density at radius 3 is 2.50 bits per heavy atom. The lowest BCUT2D eigenvalue weighted by Gasteiger charge is -2.26. The van der Waals surface area contributed by atoms with Crippen molar-refractivity contribution in [2.75, 3.05) is 20.7 Å². The van der Waals surface area contributed by atoms with Gasteiger partial charge in [-0.25, -0.2) is 0 Å². The maximum absolute atomic E-state index is 12.4. The third kappa shape index (κ3) is 4.39. The minimum Gasteiger partial charge on any atom is -0.496 e. The van der Waals surface area contributed by atoms with Crippen LogP contribution >= 0.6 is 12.4 Å². The second-order valence-corrected chi connectivity index (χ2v) is 5.23. The molecule has 0 heterocycles. The number of amides is 1. The lowest BCUT2D eigenvalue weighted by atomic mass is 9.83. The van der Waals surface area contributed by atoms with E-state index in [4.69, 9.17) is 4.74 Å². The Bertz CT molecular complexity index is 436. The number of benzene rings is 1. The van der Waals surface area contributed by atoms with E-state index >= 15 is 0 Å². The van der Waals surface area contributed by atoms with Crippen molar-refractivity contribution in [3.63, 3.8) is 0 Å². The summed E-state index contributed by atoms with van der Waals surface area (Å²) < 4.78 is 5.34. The molecule has 0 bridgehead atoms. The molecule has 0 aromatic heterocycles. The van der Waals surface area contributed by atoms with Crippen molar-refractivity contribution >= 4 is 18.3 Å². The van der Waals surface area contributed by atoms with Gasteiger partial charge in [0.2, 0.25) is 5.91 Å². The molecule has 1 unspecified atom stereocenters. The number of para-hydroxylation sites is 1. The molecule has 0 aliphatic rings. The highest BCUT2D eigenvalue weighted by molar-refractivity contribution is 5.88. The van der Waals surface area contributed by atoms with Gasteiger partial charge in [-0.1, -0.05) is 18.2 Å². The van der Waals surface area contributed by atoms with Gasteiger partial charge in [-0.3, -0.25) is 4.79 Å². The van der Waals surface area contributed by atoms with Crippen LogP contribution in [0.2, 0.25) is 0 Å². The third-order valence-electron chi connectivity index (χ3n) is 3.41. The average Bonchev–Trinajstić information content (AvgIpc) is 2.43. The zero-order chi connectivity index (χ0) is 14.5. The summed E-state index contributed by atoms with van der Waals surface area (Å²) in [5.41, 5.74) is 0.271. The van der Waals surface area contributed by atoms with Crippen molar-refractivity contribution in [1.82, 2.24) is 10.6 Å².